The Morgan fingerprint density at radius 2 is 1.82 bits per heavy atom. The van der Waals surface area contributed by atoms with Crippen molar-refractivity contribution >= 4 is 11.7 Å². The average molecular weight is 314 g/mol. The summed E-state index contributed by atoms with van der Waals surface area (Å²) in [7, 11) is 0. The molecule has 0 saturated heterocycles. The number of carboxylic acid groups (broad SMARTS) is 1. The number of hydrogen-bond acceptors (Lipinski definition) is 3. The summed E-state index contributed by atoms with van der Waals surface area (Å²) in [6.07, 6.45) is -5.34. The third kappa shape index (κ3) is 3.33. The van der Waals surface area contributed by atoms with Gasteiger partial charge in [0.1, 0.15) is 5.82 Å². The number of pyridine rings is 1. The lowest BCUT2D eigenvalue weighted by Crippen LogP contribution is -2.13. The van der Waals surface area contributed by atoms with Gasteiger partial charge in [0.15, 0.2) is 0 Å². The van der Waals surface area contributed by atoms with Crippen LogP contribution in [0.1, 0.15) is 11.3 Å². The Balaban J connectivity index is 2.66. The Bertz CT molecular complexity index is 712. The van der Waals surface area contributed by atoms with Crippen molar-refractivity contribution in [1.82, 2.24) is 4.98 Å². The Hall–Kier alpha value is -2.64. The van der Waals surface area contributed by atoms with Crippen LogP contribution in [0.4, 0.5) is 23.2 Å². The van der Waals surface area contributed by atoms with Crippen LogP contribution in [0.25, 0.3) is 11.3 Å². The Labute approximate surface area is 122 Å². The number of benzene rings is 1. The van der Waals surface area contributed by atoms with Gasteiger partial charge in [-0.25, -0.2) is 9.37 Å². The maximum Gasteiger partial charge on any atom is 0.418 e. The number of carbonyl (C=O) groups is 1. The van der Waals surface area contributed by atoms with Crippen molar-refractivity contribution in [2.75, 3.05) is 5.73 Å². The van der Waals surface area contributed by atoms with E-state index in [9.17, 15) is 22.4 Å². The largest absolute Gasteiger partial charge is 0.481 e. The summed E-state index contributed by atoms with van der Waals surface area (Å²) in [6.45, 7) is 0. The van der Waals surface area contributed by atoms with Gasteiger partial charge in [-0.05, 0) is 30.3 Å². The number of nitrogen functional groups attached to an aromatic ring is 1. The van der Waals surface area contributed by atoms with Gasteiger partial charge in [-0.15, -0.1) is 0 Å². The molecule has 1 heterocycles. The van der Waals surface area contributed by atoms with Crippen molar-refractivity contribution in [1.29, 1.82) is 0 Å². The van der Waals surface area contributed by atoms with Crippen LogP contribution in [0.15, 0.2) is 30.3 Å². The SMILES string of the molecule is Nc1cc(C(F)(F)F)c(-c2ccc(F)cc2)nc1CC(=O)O. The maximum absolute atomic E-state index is 13.1. The van der Waals surface area contributed by atoms with E-state index in [-0.39, 0.29) is 16.9 Å². The van der Waals surface area contributed by atoms with E-state index in [0.29, 0.717) is 6.07 Å². The third-order valence-electron chi connectivity index (χ3n) is 2.88. The van der Waals surface area contributed by atoms with Crippen molar-refractivity contribution in [2.45, 2.75) is 12.6 Å². The topological polar surface area (TPSA) is 76.2 Å². The van der Waals surface area contributed by atoms with Gasteiger partial charge in [-0.1, -0.05) is 0 Å². The van der Waals surface area contributed by atoms with E-state index in [1.807, 2.05) is 0 Å². The second-order valence-corrected chi connectivity index (χ2v) is 4.50. The lowest BCUT2D eigenvalue weighted by molar-refractivity contribution is -0.137. The molecule has 0 amide bonds. The zero-order valence-corrected chi connectivity index (χ0v) is 11.0. The minimum atomic E-state index is -4.73. The highest BCUT2D eigenvalue weighted by Crippen LogP contribution is 2.37. The fourth-order valence-corrected chi connectivity index (χ4v) is 1.90. The average Bonchev–Trinajstić information content (AvgIpc) is 2.40. The van der Waals surface area contributed by atoms with Crippen LogP contribution >= 0.6 is 0 Å². The van der Waals surface area contributed by atoms with Gasteiger partial charge in [0.05, 0.1) is 29.1 Å². The summed E-state index contributed by atoms with van der Waals surface area (Å²) >= 11 is 0. The van der Waals surface area contributed by atoms with Crippen LogP contribution in [0.5, 0.6) is 0 Å². The molecular formula is C14H10F4N2O2. The first-order valence-corrected chi connectivity index (χ1v) is 6.03. The van der Waals surface area contributed by atoms with Gasteiger partial charge < -0.3 is 10.8 Å². The normalized spacial score (nSPS) is 11.5. The monoisotopic (exact) mass is 314 g/mol. The summed E-state index contributed by atoms with van der Waals surface area (Å²) in [5, 5.41) is 8.75. The molecule has 0 atom stereocenters. The molecular weight excluding hydrogens is 304 g/mol. The lowest BCUT2D eigenvalue weighted by Gasteiger charge is -2.15. The molecule has 4 nitrogen and oxygen atoms in total. The molecule has 0 unspecified atom stereocenters. The van der Waals surface area contributed by atoms with Gasteiger partial charge >= 0.3 is 12.1 Å². The van der Waals surface area contributed by atoms with Gasteiger partial charge in [0, 0.05) is 5.56 Å². The number of aromatic nitrogens is 1. The van der Waals surface area contributed by atoms with Crippen molar-refractivity contribution in [3.05, 3.63) is 47.4 Å². The van der Waals surface area contributed by atoms with Crippen molar-refractivity contribution in [3.8, 4) is 11.3 Å². The predicted octanol–water partition coefficient (Wildman–Crippen LogP) is 3.12. The lowest BCUT2D eigenvalue weighted by atomic mass is 10.0. The molecule has 0 spiro atoms. The van der Waals surface area contributed by atoms with Gasteiger partial charge in [0.2, 0.25) is 0 Å². The molecule has 1 aromatic heterocycles. The summed E-state index contributed by atoms with van der Waals surface area (Å²) in [4.78, 5) is 14.5. The molecule has 0 aliphatic carbocycles. The van der Waals surface area contributed by atoms with E-state index in [0.717, 1.165) is 24.3 Å². The number of halogens is 4. The van der Waals surface area contributed by atoms with Crippen LogP contribution in [-0.4, -0.2) is 16.1 Å². The number of hydrogen-bond donors (Lipinski definition) is 2. The second-order valence-electron chi connectivity index (χ2n) is 4.50. The summed E-state index contributed by atoms with van der Waals surface area (Å²) in [5.41, 5.74) is 3.33. The van der Waals surface area contributed by atoms with E-state index >= 15 is 0 Å². The first-order valence-electron chi connectivity index (χ1n) is 6.03. The zero-order chi connectivity index (χ0) is 16.5. The second kappa shape index (κ2) is 5.63. The number of anilines is 1. The molecule has 2 rings (SSSR count). The molecule has 0 bridgehead atoms. The molecule has 22 heavy (non-hydrogen) atoms. The van der Waals surface area contributed by atoms with E-state index in [1.54, 1.807) is 0 Å². The molecule has 2 aromatic rings. The minimum absolute atomic E-state index is 0.0142. The standard InChI is InChI=1S/C14H10F4N2O2/c15-8-3-1-7(2-4-8)13-9(14(16,17)18)5-10(19)11(20-13)6-12(21)22/h1-5H,6,19H2,(H,21,22). The Morgan fingerprint density at radius 1 is 1.23 bits per heavy atom. The smallest absolute Gasteiger partial charge is 0.418 e. The maximum atomic E-state index is 13.1. The quantitative estimate of drug-likeness (QED) is 0.854. The first kappa shape index (κ1) is 15.7. The van der Waals surface area contributed by atoms with E-state index in [4.69, 9.17) is 10.8 Å². The summed E-state index contributed by atoms with van der Waals surface area (Å²) in [5.74, 6) is -1.89. The molecule has 0 aliphatic rings. The highest BCUT2D eigenvalue weighted by atomic mass is 19.4. The molecule has 8 heteroatoms. The molecule has 0 aliphatic heterocycles. The Morgan fingerprint density at radius 3 is 2.32 bits per heavy atom. The van der Waals surface area contributed by atoms with E-state index in [1.165, 1.54) is 0 Å². The predicted molar refractivity (Wildman–Crippen MR) is 70.4 cm³/mol. The first-order chi connectivity index (χ1) is 10.2. The van der Waals surface area contributed by atoms with Crippen LogP contribution < -0.4 is 5.73 Å². The molecule has 0 saturated carbocycles. The zero-order valence-electron chi connectivity index (χ0n) is 11.0. The summed E-state index contributed by atoms with van der Waals surface area (Å²) < 4.78 is 52.2. The molecule has 0 fully saturated rings. The molecule has 0 radical (unpaired) electrons. The van der Waals surface area contributed by atoms with Crippen molar-refractivity contribution in [3.63, 3.8) is 0 Å². The number of nitrogens with two attached hydrogens (primary N) is 1. The fourth-order valence-electron chi connectivity index (χ4n) is 1.90. The van der Waals surface area contributed by atoms with Crippen molar-refractivity contribution < 1.29 is 27.5 Å². The highest BCUT2D eigenvalue weighted by molar-refractivity contribution is 5.74. The number of aliphatic carboxylic acids is 1. The van der Waals surface area contributed by atoms with Crippen LogP contribution in [0.2, 0.25) is 0 Å². The number of nitrogens with zero attached hydrogens (tertiary/aromatic N) is 1. The number of carboxylic acids is 1. The van der Waals surface area contributed by atoms with Crippen LogP contribution in [0.3, 0.4) is 0 Å². The third-order valence-corrected chi connectivity index (χ3v) is 2.88. The summed E-state index contributed by atoms with van der Waals surface area (Å²) in [6, 6.07) is 4.89. The van der Waals surface area contributed by atoms with Crippen molar-refractivity contribution in [2.24, 2.45) is 0 Å². The Kier molecular flexibility index (Phi) is 4.03. The highest BCUT2D eigenvalue weighted by Gasteiger charge is 2.35. The molecule has 1 aromatic carbocycles. The van der Waals surface area contributed by atoms with Gasteiger partial charge in [-0.2, -0.15) is 13.2 Å². The number of rotatable bonds is 3. The minimum Gasteiger partial charge on any atom is -0.481 e. The van der Waals surface area contributed by atoms with Gasteiger partial charge in [0.25, 0.3) is 0 Å². The molecule has 3 N–H and O–H groups in total. The van der Waals surface area contributed by atoms with E-state index in [2.05, 4.69) is 4.98 Å². The van der Waals surface area contributed by atoms with Crippen LogP contribution in [0, 0.1) is 5.82 Å². The van der Waals surface area contributed by atoms with Crippen LogP contribution in [-0.2, 0) is 17.4 Å². The van der Waals surface area contributed by atoms with Gasteiger partial charge in [-0.3, -0.25) is 4.79 Å². The number of alkyl halides is 3. The fraction of sp³-hybridized carbons (Fsp3) is 0.143. The molecule has 116 valence electrons. The van der Waals surface area contributed by atoms with E-state index < -0.39 is 35.6 Å².